The van der Waals surface area contributed by atoms with Crippen molar-refractivity contribution in [3.05, 3.63) is 47.1 Å². The molecule has 0 bridgehead atoms. The number of halogens is 1. The summed E-state index contributed by atoms with van der Waals surface area (Å²) < 4.78 is 26.8. The van der Waals surface area contributed by atoms with Crippen molar-refractivity contribution in [3.63, 3.8) is 0 Å². The number of pyridine rings is 1. The van der Waals surface area contributed by atoms with Crippen LogP contribution < -0.4 is 10.5 Å². The van der Waals surface area contributed by atoms with Crippen LogP contribution in [0.2, 0.25) is 5.15 Å². The van der Waals surface area contributed by atoms with Gasteiger partial charge in [-0.05, 0) is 42.8 Å². The van der Waals surface area contributed by atoms with Gasteiger partial charge in [-0.3, -0.25) is 4.72 Å². The first-order valence-electron chi connectivity index (χ1n) is 5.40. The highest BCUT2D eigenvalue weighted by atomic mass is 35.5. The fourth-order valence-electron chi connectivity index (χ4n) is 1.63. The number of nitrogens with two attached hydrogens (primary N) is 1. The maximum atomic E-state index is 12.2. The van der Waals surface area contributed by atoms with E-state index in [4.69, 9.17) is 17.3 Å². The van der Waals surface area contributed by atoms with E-state index in [0.717, 1.165) is 0 Å². The van der Waals surface area contributed by atoms with Crippen LogP contribution in [0.5, 0.6) is 0 Å². The lowest BCUT2D eigenvalue weighted by Crippen LogP contribution is -2.15. The third-order valence-electron chi connectivity index (χ3n) is 2.44. The van der Waals surface area contributed by atoms with Gasteiger partial charge in [-0.1, -0.05) is 17.7 Å². The summed E-state index contributed by atoms with van der Waals surface area (Å²) in [6.07, 6.45) is 0. The molecule has 0 amide bonds. The van der Waals surface area contributed by atoms with Crippen LogP contribution in [0.15, 0.2) is 41.3 Å². The molecule has 0 saturated carbocycles. The molecule has 7 heteroatoms. The Balaban J connectivity index is 2.38. The van der Waals surface area contributed by atoms with Gasteiger partial charge in [-0.2, -0.15) is 0 Å². The molecule has 0 radical (unpaired) electrons. The maximum Gasteiger partial charge on any atom is 0.263 e. The van der Waals surface area contributed by atoms with Gasteiger partial charge < -0.3 is 5.73 Å². The van der Waals surface area contributed by atoms with Gasteiger partial charge in [0, 0.05) is 5.69 Å². The summed E-state index contributed by atoms with van der Waals surface area (Å²) in [5.41, 5.74) is 6.67. The maximum absolute atomic E-state index is 12.2. The zero-order valence-corrected chi connectivity index (χ0v) is 11.7. The van der Waals surface area contributed by atoms with Gasteiger partial charge in [-0.25, -0.2) is 13.4 Å². The number of nitrogens with zero attached hydrogens (tertiary/aromatic N) is 1. The first-order valence-corrected chi connectivity index (χ1v) is 7.26. The second-order valence-corrected chi connectivity index (χ2v) is 6.01. The zero-order chi connectivity index (χ0) is 14.0. The number of anilines is 2. The molecular formula is C12H12ClN3O2S. The Kier molecular flexibility index (Phi) is 3.64. The Morgan fingerprint density at radius 3 is 2.63 bits per heavy atom. The Morgan fingerprint density at radius 1 is 1.26 bits per heavy atom. The summed E-state index contributed by atoms with van der Waals surface area (Å²) in [6, 6.07) is 9.29. The summed E-state index contributed by atoms with van der Waals surface area (Å²) in [5.74, 6) is 0.170. The van der Waals surface area contributed by atoms with E-state index < -0.39 is 10.0 Å². The number of aromatic nitrogens is 1. The van der Waals surface area contributed by atoms with Crippen LogP contribution in [0.25, 0.3) is 0 Å². The summed E-state index contributed by atoms with van der Waals surface area (Å²) in [5, 5.41) is 0.217. The molecule has 1 aromatic carbocycles. The van der Waals surface area contributed by atoms with Crippen molar-refractivity contribution in [2.75, 3.05) is 10.5 Å². The monoisotopic (exact) mass is 297 g/mol. The predicted octanol–water partition coefficient (Wildman–Crippen LogP) is 2.43. The summed E-state index contributed by atoms with van der Waals surface area (Å²) >= 11 is 5.71. The van der Waals surface area contributed by atoms with Crippen LogP contribution in [-0.2, 0) is 10.0 Å². The van der Waals surface area contributed by atoms with E-state index in [9.17, 15) is 8.42 Å². The number of rotatable bonds is 3. The topological polar surface area (TPSA) is 85.1 Å². The summed E-state index contributed by atoms with van der Waals surface area (Å²) in [4.78, 5) is 4.04. The molecular weight excluding hydrogens is 286 g/mol. The Labute approximate surface area is 116 Å². The van der Waals surface area contributed by atoms with Crippen molar-refractivity contribution in [1.82, 2.24) is 4.98 Å². The molecule has 19 heavy (non-hydrogen) atoms. The lowest BCUT2D eigenvalue weighted by Gasteiger charge is -2.10. The Bertz CT molecular complexity index is 717. The molecule has 0 aliphatic carbocycles. The normalized spacial score (nSPS) is 11.3. The number of benzene rings is 1. The second kappa shape index (κ2) is 5.07. The number of hydrogen-bond acceptors (Lipinski definition) is 4. The minimum Gasteiger partial charge on any atom is -0.399 e. The molecule has 0 aliphatic rings. The van der Waals surface area contributed by atoms with Gasteiger partial charge in [0.05, 0.1) is 4.90 Å². The minimum atomic E-state index is -3.70. The quantitative estimate of drug-likeness (QED) is 0.673. The average molecular weight is 298 g/mol. The largest absolute Gasteiger partial charge is 0.399 e. The summed E-state index contributed by atoms with van der Waals surface area (Å²) in [7, 11) is -3.70. The molecule has 2 rings (SSSR count). The van der Waals surface area contributed by atoms with Crippen LogP contribution >= 0.6 is 11.6 Å². The molecule has 0 fully saturated rings. The van der Waals surface area contributed by atoms with Crippen LogP contribution in [0, 0.1) is 6.92 Å². The third-order valence-corrected chi connectivity index (χ3v) is 4.17. The molecule has 0 spiro atoms. The lowest BCUT2D eigenvalue weighted by atomic mass is 10.2. The molecule has 3 N–H and O–H groups in total. The molecule has 100 valence electrons. The van der Waals surface area contributed by atoms with E-state index in [2.05, 4.69) is 9.71 Å². The molecule has 5 nitrogen and oxygen atoms in total. The molecule has 1 heterocycles. The summed E-state index contributed by atoms with van der Waals surface area (Å²) in [6.45, 7) is 1.68. The number of hydrogen-bond donors (Lipinski definition) is 2. The molecule has 0 unspecified atom stereocenters. The van der Waals surface area contributed by atoms with Crippen molar-refractivity contribution in [3.8, 4) is 0 Å². The standard InChI is InChI=1S/C12H12ClN3O2S/c1-8-7-9(14)5-6-10(8)19(17,18)16-12-4-2-3-11(13)15-12/h2-7H,14H2,1H3,(H,15,16). The van der Waals surface area contributed by atoms with Crippen LogP contribution in [0.4, 0.5) is 11.5 Å². The van der Waals surface area contributed by atoms with Gasteiger partial charge in [0.1, 0.15) is 11.0 Å². The van der Waals surface area contributed by atoms with E-state index in [1.807, 2.05) is 0 Å². The average Bonchev–Trinajstić information content (AvgIpc) is 2.27. The van der Waals surface area contributed by atoms with Crippen LogP contribution in [0.3, 0.4) is 0 Å². The van der Waals surface area contributed by atoms with E-state index in [0.29, 0.717) is 11.3 Å². The first-order chi connectivity index (χ1) is 8.88. The number of sulfonamides is 1. The zero-order valence-electron chi connectivity index (χ0n) is 10.1. The molecule has 0 aliphatic heterocycles. The van der Waals surface area contributed by atoms with Crippen molar-refractivity contribution >= 4 is 33.1 Å². The SMILES string of the molecule is Cc1cc(N)ccc1S(=O)(=O)Nc1cccc(Cl)n1. The molecule has 1 aromatic heterocycles. The third kappa shape index (κ3) is 3.15. The van der Waals surface area contributed by atoms with Crippen molar-refractivity contribution in [1.29, 1.82) is 0 Å². The predicted molar refractivity (Wildman–Crippen MR) is 75.6 cm³/mol. The highest BCUT2D eigenvalue weighted by Crippen LogP contribution is 2.21. The highest BCUT2D eigenvalue weighted by Gasteiger charge is 2.17. The number of nitrogen functional groups attached to an aromatic ring is 1. The van der Waals surface area contributed by atoms with E-state index in [1.165, 1.54) is 18.2 Å². The van der Waals surface area contributed by atoms with E-state index >= 15 is 0 Å². The van der Waals surface area contributed by atoms with Crippen molar-refractivity contribution in [2.45, 2.75) is 11.8 Å². The van der Waals surface area contributed by atoms with E-state index in [-0.39, 0.29) is 15.9 Å². The first kappa shape index (κ1) is 13.6. The molecule has 0 saturated heterocycles. The molecule has 0 atom stereocenters. The Morgan fingerprint density at radius 2 is 2.00 bits per heavy atom. The Hall–Kier alpha value is -1.79. The molecule has 2 aromatic rings. The van der Waals surface area contributed by atoms with Gasteiger partial charge in [-0.15, -0.1) is 0 Å². The number of nitrogens with one attached hydrogen (secondary N) is 1. The lowest BCUT2D eigenvalue weighted by molar-refractivity contribution is 0.600. The van der Waals surface area contributed by atoms with Crippen molar-refractivity contribution in [2.24, 2.45) is 0 Å². The number of aryl methyl sites for hydroxylation is 1. The smallest absolute Gasteiger partial charge is 0.263 e. The minimum absolute atomic E-state index is 0.156. The van der Waals surface area contributed by atoms with Crippen LogP contribution in [0.1, 0.15) is 5.56 Å². The van der Waals surface area contributed by atoms with Crippen LogP contribution in [-0.4, -0.2) is 13.4 Å². The fourth-order valence-corrected chi connectivity index (χ4v) is 3.02. The van der Waals surface area contributed by atoms with E-state index in [1.54, 1.807) is 25.1 Å². The van der Waals surface area contributed by atoms with Gasteiger partial charge >= 0.3 is 0 Å². The van der Waals surface area contributed by atoms with Gasteiger partial charge in [0.25, 0.3) is 10.0 Å². The second-order valence-electron chi connectivity index (χ2n) is 3.98. The van der Waals surface area contributed by atoms with Crippen molar-refractivity contribution < 1.29 is 8.42 Å². The highest BCUT2D eigenvalue weighted by molar-refractivity contribution is 7.92. The van der Waals surface area contributed by atoms with Gasteiger partial charge in [0.15, 0.2) is 0 Å². The van der Waals surface area contributed by atoms with Gasteiger partial charge in [0.2, 0.25) is 0 Å². The fraction of sp³-hybridized carbons (Fsp3) is 0.0833.